The van der Waals surface area contributed by atoms with Gasteiger partial charge in [-0.05, 0) is 44.9 Å². The number of nitrogens with one attached hydrogen (secondary N) is 1. The average Bonchev–Trinajstić information content (AvgIpc) is 2.25. The summed E-state index contributed by atoms with van der Waals surface area (Å²) >= 11 is 0. The van der Waals surface area contributed by atoms with Crippen LogP contribution in [0.15, 0.2) is 18.2 Å². The molecular formula is C14H22N2O. The fraction of sp³-hybridized carbons (Fsp3) is 0.500. The molecule has 94 valence electrons. The predicted octanol–water partition coefficient (Wildman–Crippen LogP) is 2.02. The van der Waals surface area contributed by atoms with E-state index < -0.39 is 0 Å². The summed E-state index contributed by atoms with van der Waals surface area (Å²) in [5.74, 6) is 0.426. The minimum atomic E-state index is 0.000622. The summed E-state index contributed by atoms with van der Waals surface area (Å²) < 4.78 is 0. The molecule has 0 spiro atoms. The van der Waals surface area contributed by atoms with Crippen LogP contribution in [0.2, 0.25) is 0 Å². The molecule has 1 rings (SSSR count). The fourth-order valence-electron chi connectivity index (χ4n) is 1.86. The summed E-state index contributed by atoms with van der Waals surface area (Å²) in [6.07, 6.45) is 0.938. The molecule has 0 radical (unpaired) electrons. The summed E-state index contributed by atoms with van der Waals surface area (Å²) in [5.41, 5.74) is 8.44. The minimum Gasteiger partial charge on any atom is -0.352 e. The van der Waals surface area contributed by atoms with Gasteiger partial charge in [0.05, 0.1) is 0 Å². The lowest BCUT2D eigenvalue weighted by Crippen LogP contribution is -2.29. The monoisotopic (exact) mass is 234 g/mol. The van der Waals surface area contributed by atoms with Crippen LogP contribution in [-0.2, 0) is 0 Å². The highest BCUT2D eigenvalue weighted by Gasteiger charge is 2.08. The average molecular weight is 234 g/mol. The van der Waals surface area contributed by atoms with Crippen molar-refractivity contribution in [3.63, 3.8) is 0 Å². The lowest BCUT2D eigenvalue weighted by Gasteiger charge is -2.12. The van der Waals surface area contributed by atoms with Crippen LogP contribution in [-0.4, -0.2) is 19.0 Å². The van der Waals surface area contributed by atoms with Crippen molar-refractivity contribution in [1.82, 2.24) is 5.32 Å². The van der Waals surface area contributed by atoms with Crippen LogP contribution in [0, 0.1) is 19.8 Å². The normalized spacial score (nSPS) is 12.2. The highest BCUT2D eigenvalue weighted by Crippen LogP contribution is 2.09. The van der Waals surface area contributed by atoms with E-state index in [-0.39, 0.29) is 5.91 Å². The molecule has 0 aliphatic rings. The number of hydrogen-bond acceptors (Lipinski definition) is 2. The van der Waals surface area contributed by atoms with Gasteiger partial charge in [0.2, 0.25) is 0 Å². The zero-order chi connectivity index (χ0) is 12.8. The molecule has 1 amide bonds. The quantitative estimate of drug-likeness (QED) is 0.819. The second-order valence-electron chi connectivity index (χ2n) is 4.77. The molecule has 0 saturated heterocycles. The lowest BCUT2D eigenvalue weighted by molar-refractivity contribution is 0.0947. The first-order valence-corrected chi connectivity index (χ1v) is 6.09. The van der Waals surface area contributed by atoms with Gasteiger partial charge in [0.1, 0.15) is 0 Å². The third-order valence-corrected chi connectivity index (χ3v) is 2.75. The van der Waals surface area contributed by atoms with Gasteiger partial charge in [-0.3, -0.25) is 4.79 Å². The van der Waals surface area contributed by atoms with E-state index in [4.69, 9.17) is 5.73 Å². The van der Waals surface area contributed by atoms with E-state index in [9.17, 15) is 4.79 Å². The van der Waals surface area contributed by atoms with Crippen LogP contribution >= 0.6 is 0 Å². The summed E-state index contributed by atoms with van der Waals surface area (Å²) in [7, 11) is 0. The molecule has 0 aromatic heterocycles. The van der Waals surface area contributed by atoms with Crippen molar-refractivity contribution in [3.05, 3.63) is 34.9 Å². The van der Waals surface area contributed by atoms with Crippen LogP contribution in [0.3, 0.4) is 0 Å². The Labute approximate surface area is 103 Å². The SMILES string of the molecule is Cc1cc(C)cc(C(=O)NCC(C)CCN)c1. The van der Waals surface area contributed by atoms with E-state index in [1.54, 1.807) is 0 Å². The summed E-state index contributed by atoms with van der Waals surface area (Å²) in [6, 6.07) is 5.89. The number of amides is 1. The van der Waals surface area contributed by atoms with Crippen molar-refractivity contribution in [2.75, 3.05) is 13.1 Å². The van der Waals surface area contributed by atoms with Crippen molar-refractivity contribution < 1.29 is 4.79 Å². The summed E-state index contributed by atoms with van der Waals surface area (Å²) in [4.78, 5) is 11.9. The molecule has 3 N–H and O–H groups in total. The second-order valence-corrected chi connectivity index (χ2v) is 4.77. The molecule has 0 saturated carbocycles. The Kier molecular flexibility index (Phi) is 5.16. The fourth-order valence-corrected chi connectivity index (χ4v) is 1.86. The van der Waals surface area contributed by atoms with Gasteiger partial charge < -0.3 is 11.1 Å². The van der Waals surface area contributed by atoms with E-state index >= 15 is 0 Å². The Balaban J connectivity index is 2.58. The van der Waals surface area contributed by atoms with Gasteiger partial charge in [-0.15, -0.1) is 0 Å². The first-order valence-electron chi connectivity index (χ1n) is 6.09. The number of nitrogens with two attached hydrogens (primary N) is 1. The summed E-state index contributed by atoms with van der Waals surface area (Å²) in [5, 5.41) is 2.94. The molecule has 0 heterocycles. The number of benzene rings is 1. The maximum absolute atomic E-state index is 11.9. The van der Waals surface area contributed by atoms with Gasteiger partial charge in [0, 0.05) is 12.1 Å². The standard InChI is InChI=1S/C14H22N2O/c1-10(4-5-15)9-16-14(17)13-7-11(2)6-12(3)8-13/h6-8,10H,4-5,9,15H2,1-3H3,(H,16,17). The highest BCUT2D eigenvalue weighted by atomic mass is 16.1. The largest absolute Gasteiger partial charge is 0.352 e. The molecule has 0 bridgehead atoms. The Hall–Kier alpha value is -1.35. The number of carbonyl (C=O) groups is 1. The van der Waals surface area contributed by atoms with Gasteiger partial charge in [-0.2, -0.15) is 0 Å². The van der Waals surface area contributed by atoms with E-state index in [0.717, 1.165) is 23.1 Å². The molecular weight excluding hydrogens is 212 g/mol. The predicted molar refractivity (Wildman–Crippen MR) is 71.1 cm³/mol. The van der Waals surface area contributed by atoms with E-state index in [1.165, 1.54) is 0 Å². The molecule has 1 unspecified atom stereocenters. The number of rotatable bonds is 5. The second kappa shape index (κ2) is 6.40. The highest BCUT2D eigenvalue weighted by molar-refractivity contribution is 5.94. The van der Waals surface area contributed by atoms with Crippen LogP contribution in [0.25, 0.3) is 0 Å². The molecule has 1 atom stereocenters. The van der Waals surface area contributed by atoms with Crippen LogP contribution in [0.4, 0.5) is 0 Å². The Morgan fingerprint density at radius 3 is 2.41 bits per heavy atom. The Morgan fingerprint density at radius 2 is 1.88 bits per heavy atom. The Morgan fingerprint density at radius 1 is 1.29 bits per heavy atom. The molecule has 3 nitrogen and oxygen atoms in total. The van der Waals surface area contributed by atoms with Gasteiger partial charge >= 0.3 is 0 Å². The van der Waals surface area contributed by atoms with Crippen molar-refractivity contribution in [2.45, 2.75) is 27.2 Å². The van der Waals surface area contributed by atoms with Gasteiger partial charge in [0.25, 0.3) is 5.91 Å². The molecule has 1 aromatic rings. The van der Waals surface area contributed by atoms with Crippen molar-refractivity contribution in [2.24, 2.45) is 11.7 Å². The maximum atomic E-state index is 11.9. The van der Waals surface area contributed by atoms with Crippen LogP contribution in [0.1, 0.15) is 34.8 Å². The van der Waals surface area contributed by atoms with E-state index in [1.807, 2.05) is 26.0 Å². The molecule has 17 heavy (non-hydrogen) atoms. The van der Waals surface area contributed by atoms with Gasteiger partial charge in [-0.25, -0.2) is 0 Å². The van der Waals surface area contributed by atoms with E-state index in [2.05, 4.69) is 18.3 Å². The first-order chi connectivity index (χ1) is 8.02. The van der Waals surface area contributed by atoms with Crippen molar-refractivity contribution >= 4 is 5.91 Å². The zero-order valence-corrected chi connectivity index (χ0v) is 10.9. The third-order valence-electron chi connectivity index (χ3n) is 2.75. The molecule has 0 aliphatic heterocycles. The smallest absolute Gasteiger partial charge is 0.251 e. The van der Waals surface area contributed by atoms with Crippen LogP contribution < -0.4 is 11.1 Å². The number of aryl methyl sites for hydroxylation is 2. The first kappa shape index (κ1) is 13.7. The topological polar surface area (TPSA) is 55.1 Å². The minimum absolute atomic E-state index is 0.000622. The number of carbonyl (C=O) groups excluding carboxylic acids is 1. The molecule has 3 heteroatoms. The molecule has 1 aromatic carbocycles. The van der Waals surface area contributed by atoms with Gasteiger partial charge in [-0.1, -0.05) is 24.1 Å². The summed E-state index contributed by atoms with van der Waals surface area (Å²) in [6.45, 7) is 7.44. The Bertz CT molecular complexity index is 368. The molecule has 0 fully saturated rings. The van der Waals surface area contributed by atoms with Crippen molar-refractivity contribution in [1.29, 1.82) is 0 Å². The molecule has 0 aliphatic carbocycles. The number of hydrogen-bond donors (Lipinski definition) is 2. The zero-order valence-electron chi connectivity index (χ0n) is 10.9. The van der Waals surface area contributed by atoms with Crippen LogP contribution in [0.5, 0.6) is 0 Å². The van der Waals surface area contributed by atoms with Gasteiger partial charge in [0.15, 0.2) is 0 Å². The van der Waals surface area contributed by atoms with E-state index in [0.29, 0.717) is 19.0 Å². The third kappa shape index (κ3) is 4.57. The van der Waals surface area contributed by atoms with Crippen molar-refractivity contribution in [3.8, 4) is 0 Å². The maximum Gasteiger partial charge on any atom is 0.251 e. The lowest BCUT2D eigenvalue weighted by atomic mass is 10.1.